The molecule has 0 bridgehead atoms. The number of nitro groups is 1. The van der Waals surface area contributed by atoms with Crippen LogP contribution in [0.1, 0.15) is 49.4 Å². The van der Waals surface area contributed by atoms with E-state index in [1.165, 1.54) is 40.7 Å². The Morgan fingerprint density at radius 2 is 1.94 bits per heavy atom. The second kappa shape index (κ2) is 9.59. The van der Waals surface area contributed by atoms with Crippen molar-refractivity contribution in [2.45, 2.75) is 32.7 Å². The van der Waals surface area contributed by atoms with Gasteiger partial charge in [0.25, 0.3) is 11.2 Å². The van der Waals surface area contributed by atoms with Crippen LogP contribution in [0.25, 0.3) is 6.08 Å². The maximum atomic E-state index is 13.6. The SMILES string of the molecule is COC(=O)C1=C(C)N=c2sc(=Cc3ccc(C(C)C)cc3)c(=O)n2C1c1ccc(Cl)c([N+](=O)[O-])c1. The summed E-state index contributed by atoms with van der Waals surface area (Å²) in [5.41, 5.74) is 2.20. The van der Waals surface area contributed by atoms with Gasteiger partial charge < -0.3 is 4.74 Å². The van der Waals surface area contributed by atoms with Crippen LogP contribution in [0.3, 0.4) is 0 Å². The van der Waals surface area contributed by atoms with E-state index in [-0.39, 0.29) is 21.8 Å². The number of halogens is 1. The van der Waals surface area contributed by atoms with Gasteiger partial charge in [-0.25, -0.2) is 9.79 Å². The molecule has 1 atom stereocenters. The summed E-state index contributed by atoms with van der Waals surface area (Å²) in [5.74, 6) is -0.287. The quantitative estimate of drug-likeness (QED) is 0.291. The van der Waals surface area contributed by atoms with Gasteiger partial charge in [0, 0.05) is 6.07 Å². The number of esters is 1. The van der Waals surface area contributed by atoms with E-state index in [0.717, 1.165) is 5.56 Å². The van der Waals surface area contributed by atoms with Crippen LogP contribution in [0.4, 0.5) is 5.69 Å². The van der Waals surface area contributed by atoms with Crippen molar-refractivity contribution in [2.24, 2.45) is 4.99 Å². The van der Waals surface area contributed by atoms with Crippen LogP contribution >= 0.6 is 22.9 Å². The minimum atomic E-state index is -0.958. The highest BCUT2D eigenvalue weighted by Gasteiger charge is 2.34. The Hall–Kier alpha value is -3.56. The zero-order valence-corrected chi connectivity index (χ0v) is 21.0. The molecule has 0 amide bonds. The average Bonchev–Trinajstić information content (AvgIpc) is 3.12. The lowest BCUT2D eigenvalue weighted by atomic mass is 9.95. The van der Waals surface area contributed by atoms with Crippen LogP contribution < -0.4 is 14.9 Å². The van der Waals surface area contributed by atoms with Gasteiger partial charge >= 0.3 is 5.97 Å². The van der Waals surface area contributed by atoms with E-state index < -0.39 is 16.9 Å². The van der Waals surface area contributed by atoms with Crippen molar-refractivity contribution in [3.63, 3.8) is 0 Å². The first kappa shape index (κ1) is 24.6. The molecule has 0 radical (unpaired) electrons. The molecule has 2 heterocycles. The van der Waals surface area contributed by atoms with Crippen molar-refractivity contribution in [2.75, 3.05) is 7.11 Å². The van der Waals surface area contributed by atoms with Gasteiger partial charge in [0.05, 0.1) is 33.9 Å². The molecule has 0 N–H and O–H groups in total. The van der Waals surface area contributed by atoms with Crippen LogP contribution in [-0.2, 0) is 9.53 Å². The molecule has 0 spiro atoms. The smallest absolute Gasteiger partial charge is 0.338 e. The fraction of sp³-hybridized carbons (Fsp3) is 0.240. The van der Waals surface area contributed by atoms with Gasteiger partial charge in [0.2, 0.25) is 0 Å². The van der Waals surface area contributed by atoms with Crippen molar-refractivity contribution in [3.8, 4) is 0 Å². The molecule has 1 aliphatic rings. The van der Waals surface area contributed by atoms with Gasteiger partial charge in [-0.2, -0.15) is 0 Å². The van der Waals surface area contributed by atoms with Gasteiger partial charge in [-0.1, -0.05) is 67.1 Å². The van der Waals surface area contributed by atoms with Crippen molar-refractivity contribution in [1.29, 1.82) is 0 Å². The van der Waals surface area contributed by atoms with Gasteiger partial charge in [-0.3, -0.25) is 19.5 Å². The zero-order valence-electron chi connectivity index (χ0n) is 19.4. The number of carbonyl (C=O) groups is 1. The zero-order chi connectivity index (χ0) is 25.4. The number of benzene rings is 2. The standard InChI is InChI=1S/C25H22ClN3O5S/c1-13(2)16-7-5-15(6-8-16)11-20-23(30)28-22(17-9-10-18(26)19(12-17)29(32)33)21(24(31)34-4)14(3)27-25(28)35-20/h5-13,22H,1-4H3. The Labute approximate surface area is 209 Å². The number of carbonyl (C=O) groups excluding carboxylic acids is 1. The van der Waals surface area contributed by atoms with Crippen molar-refractivity contribution >= 4 is 40.7 Å². The molecular weight excluding hydrogens is 490 g/mol. The molecule has 180 valence electrons. The summed E-state index contributed by atoms with van der Waals surface area (Å²) in [5, 5.41) is 11.5. The highest BCUT2D eigenvalue weighted by atomic mass is 35.5. The third-order valence-corrected chi connectivity index (χ3v) is 7.11. The number of methoxy groups -OCH3 is 1. The van der Waals surface area contributed by atoms with Crippen LogP contribution in [0.15, 0.2) is 63.5 Å². The first-order valence-electron chi connectivity index (χ1n) is 10.8. The monoisotopic (exact) mass is 511 g/mol. The summed E-state index contributed by atoms with van der Waals surface area (Å²) in [7, 11) is 1.23. The number of fused-ring (bicyclic) bond motifs is 1. The molecule has 3 aromatic rings. The number of nitrogens with zero attached hydrogens (tertiary/aromatic N) is 3. The highest BCUT2D eigenvalue weighted by Crippen LogP contribution is 2.34. The Bertz CT molecular complexity index is 1550. The first-order valence-corrected chi connectivity index (χ1v) is 12.0. The molecule has 8 nitrogen and oxygen atoms in total. The molecule has 35 heavy (non-hydrogen) atoms. The molecule has 2 aromatic carbocycles. The second-order valence-electron chi connectivity index (χ2n) is 8.36. The van der Waals surface area contributed by atoms with E-state index in [1.54, 1.807) is 19.1 Å². The van der Waals surface area contributed by atoms with Crippen molar-refractivity contribution in [1.82, 2.24) is 4.57 Å². The molecule has 0 saturated heterocycles. The van der Waals surface area contributed by atoms with Crippen LogP contribution in [0, 0.1) is 10.1 Å². The predicted octanol–water partition coefficient (Wildman–Crippen LogP) is 4.09. The minimum Gasteiger partial charge on any atom is -0.466 e. The largest absolute Gasteiger partial charge is 0.466 e. The Morgan fingerprint density at radius 3 is 2.54 bits per heavy atom. The Balaban J connectivity index is 1.95. The molecule has 1 aromatic heterocycles. The molecule has 10 heteroatoms. The summed E-state index contributed by atoms with van der Waals surface area (Å²) < 4.78 is 6.77. The summed E-state index contributed by atoms with van der Waals surface area (Å²) in [6, 6.07) is 11.2. The Kier molecular flexibility index (Phi) is 6.73. The van der Waals surface area contributed by atoms with Crippen molar-refractivity contribution in [3.05, 3.63) is 105 Å². The van der Waals surface area contributed by atoms with Crippen LogP contribution in [-0.4, -0.2) is 22.6 Å². The normalized spacial score (nSPS) is 15.7. The fourth-order valence-corrected chi connectivity index (χ4v) is 5.21. The third-order valence-electron chi connectivity index (χ3n) is 5.81. The number of thiazole rings is 1. The summed E-state index contributed by atoms with van der Waals surface area (Å²) in [4.78, 5) is 42.1. The van der Waals surface area contributed by atoms with Gasteiger partial charge in [-0.05, 0) is 41.7 Å². The second-order valence-corrected chi connectivity index (χ2v) is 9.78. The molecule has 0 fully saturated rings. The number of rotatable bonds is 5. The lowest BCUT2D eigenvalue weighted by Crippen LogP contribution is -2.39. The van der Waals surface area contributed by atoms with E-state index >= 15 is 0 Å². The average molecular weight is 512 g/mol. The Morgan fingerprint density at radius 1 is 1.26 bits per heavy atom. The highest BCUT2D eigenvalue weighted by molar-refractivity contribution is 7.07. The van der Waals surface area contributed by atoms with Gasteiger partial charge in [-0.15, -0.1) is 0 Å². The van der Waals surface area contributed by atoms with E-state index in [1.807, 2.05) is 24.3 Å². The van der Waals surface area contributed by atoms with Crippen LogP contribution in [0.5, 0.6) is 0 Å². The molecule has 4 rings (SSSR count). The third kappa shape index (κ3) is 4.56. The molecular formula is C25H22ClN3O5S. The molecule has 1 unspecified atom stereocenters. The number of allylic oxidation sites excluding steroid dienone is 1. The van der Waals surface area contributed by atoms with E-state index in [0.29, 0.717) is 26.5 Å². The lowest BCUT2D eigenvalue weighted by Gasteiger charge is -2.24. The van der Waals surface area contributed by atoms with E-state index in [2.05, 4.69) is 18.8 Å². The van der Waals surface area contributed by atoms with Gasteiger partial charge in [0.15, 0.2) is 4.80 Å². The van der Waals surface area contributed by atoms with Crippen LogP contribution in [0.2, 0.25) is 5.02 Å². The number of nitro benzene ring substituents is 1. The number of hydrogen-bond donors (Lipinski definition) is 0. The summed E-state index contributed by atoms with van der Waals surface area (Å²) >= 11 is 7.19. The molecule has 0 saturated carbocycles. The van der Waals surface area contributed by atoms with Crippen molar-refractivity contribution < 1.29 is 14.5 Å². The fourth-order valence-electron chi connectivity index (χ4n) is 3.98. The minimum absolute atomic E-state index is 0.0451. The molecule has 1 aliphatic heterocycles. The van der Waals surface area contributed by atoms with Gasteiger partial charge in [0.1, 0.15) is 5.02 Å². The summed E-state index contributed by atoms with van der Waals surface area (Å²) in [6.45, 7) is 5.86. The van der Waals surface area contributed by atoms with E-state index in [4.69, 9.17) is 16.3 Å². The number of ether oxygens (including phenoxy) is 1. The number of aromatic nitrogens is 1. The predicted molar refractivity (Wildman–Crippen MR) is 134 cm³/mol. The first-order chi connectivity index (χ1) is 16.6. The maximum absolute atomic E-state index is 13.6. The lowest BCUT2D eigenvalue weighted by molar-refractivity contribution is -0.384. The maximum Gasteiger partial charge on any atom is 0.338 e. The topological polar surface area (TPSA) is 104 Å². The van der Waals surface area contributed by atoms with E-state index in [9.17, 15) is 19.7 Å². The number of hydrogen-bond acceptors (Lipinski definition) is 7. The molecule has 0 aliphatic carbocycles. The summed E-state index contributed by atoms with van der Waals surface area (Å²) in [6.07, 6.45) is 1.77.